The van der Waals surface area contributed by atoms with Gasteiger partial charge < -0.3 is 5.11 Å². The largest absolute Gasteiger partial charge is 0.507 e. The highest BCUT2D eigenvalue weighted by Gasteiger charge is 2.16. The van der Waals surface area contributed by atoms with Gasteiger partial charge in [-0.05, 0) is 56.8 Å². The zero-order valence-corrected chi connectivity index (χ0v) is 17.5. The van der Waals surface area contributed by atoms with Gasteiger partial charge >= 0.3 is 0 Å². The van der Waals surface area contributed by atoms with Crippen molar-refractivity contribution in [2.75, 3.05) is 6.26 Å². The highest BCUT2D eigenvalue weighted by atomic mass is 32.2. The Labute approximate surface area is 183 Å². The third kappa shape index (κ3) is 2.81. The van der Waals surface area contributed by atoms with Crippen LogP contribution in [0.5, 0.6) is 5.75 Å². The van der Waals surface area contributed by atoms with Crippen molar-refractivity contribution < 1.29 is 5.11 Å². The molecule has 0 fully saturated rings. The van der Waals surface area contributed by atoms with E-state index in [4.69, 9.17) is 9.97 Å². The number of rotatable bonds is 3. The minimum Gasteiger partial charge on any atom is -0.507 e. The molecule has 1 N–H and O–H groups in total. The highest BCUT2D eigenvalue weighted by molar-refractivity contribution is 7.98. The lowest BCUT2D eigenvalue weighted by atomic mass is 9.92. The Morgan fingerprint density at radius 1 is 0.613 bits per heavy atom. The SMILES string of the molecule is CSc1nc(-c2ccccc2O)nc(-c2ccc3ccc4cccc5ccc2c3c45)n1. The molecule has 31 heavy (non-hydrogen) atoms. The fraction of sp³-hybridized carbons (Fsp3) is 0.0385. The van der Waals surface area contributed by atoms with E-state index >= 15 is 0 Å². The number of nitrogens with zero attached hydrogens (tertiary/aromatic N) is 3. The summed E-state index contributed by atoms with van der Waals surface area (Å²) in [7, 11) is 0. The Kier molecular flexibility index (Phi) is 4.04. The van der Waals surface area contributed by atoms with Gasteiger partial charge in [-0.1, -0.05) is 72.4 Å². The molecule has 0 atom stereocenters. The van der Waals surface area contributed by atoms with Crippen LogP contribution in [0.1, 0.15) is 0 Å². The molecule has 0 bridgehead atoms. The molecule has 0 aliphatic heterocycles. The van der Waals surface area contributed by atoms with Crippen molar-refractivity contribution in [3.8, 4) is 28.5 Å². The Bertz CT molecular complexity index is 1580. The molecule has 0 spiro atoms. The van der Waals surface area contributed by atoms with Crippen molar-refractivity contribution in [2.45, 2.75) is 5.16 Å². The summed E-state index contributed by atoms with van der Waals surface area (Å²) in [6.07, 6.45) is 1.94. The van der Waals surface area contributed by atoms with Gasteiger partial charge in [0.25, 0.3) is 0 Å². The summed E-state index contributed by atoms with van der Waals surface area (Å²) >= 11 is 1.46. The zero-order valence-electron chi connectivity index (χ0n) is 16.7. The number of thioether (sulfide) groups is 1. The Balaban J connectivity index is 1.67. The Morgan fingerprint density at radius 3 is 2.00 bits per heavy atom. The number of benzene rings is 5. The topological polar surface area (TPSA) is 58.9 Å². The van der Waals surface area contributed by atoms with Crippen LogP contribution in [0.3, 0.4) is 0 Å². The number of hydrogen-bond acceptors (Lipinski definition) is 5. The summed E-state index contributed by atoms with van der Waals surface area (Å²) in [5, 5.41) is 18.2. The molecular formula is C26H17N3OS. The standard InChI is InChI=1S/C26H17N3OS/c1-31-26-28-24(27-25(29-26)20-7-2-3-8-21(20)30)19-14-12-17-10-9-15-5-4-6-16-11-13-18(19)23(17)22(15)16/h2-14,30H,1H3. The zero-order chi connectivity index (χ0) is 20.9. The lowest BCUT2D eigenvalue weighted by Gasteiger charge is -2.14. The second kappa shape index (κ2) is 6.93. The van der Waals surface area contributed by atoms with Crippen LogP contribution in [0.2, 0.25) is 0 Å². The lowest BCUT2D eigenvalue weighted by Crippen LogP contribution is -1.99. The average molecular weight is 420 g/mol. The number of hydrogen-bond donors (Lipinski definition) is 1. The molecule has 6 rings (SSSR count). The van der Waals surface area contributed by atoms with Crippen molar-refractivity contribution in [3.63, 3.8) is 0 Å². The van der Waals surface area contributed by atoms with Crippen LogP contribution >= 0.6 is 11.8 Å². The molecule has 5 aromatic carbocycles. The van der Waals surface area contributed by atoms with Crippen molar-refractivity contribution in [2.24, 2.45) is 0 Å². The van der Waals surface area contributed by atoms with Crippen molar-refractivity contribution in [1.82, 2.24) is 15.0 Å². The summed E-state index contributed by atoms with van der Waals surface area (Å²) in [6.45, 7) is 0. The van der Waals surface area contributed by atoms with Crippen LogP contribution in [0.25, 0.3) is 55.1 Å². The van der Waals surface area contributed by atoms with E-state index in [1.165, 1.54) is 38.7 Å². The maximum atomic E-state index is 10.3. The fourth-order valence-electron chi connectivity index (χ4n) is 4.28. The van der Waals surface area contributed by atoms with E-state index in [0.29, 0.717) is 22.4 Å². The summed E-state index contributed by atoms with van der Waals surface area (Å²) in [6, 6.07) is 26.4. The van der Waals surface area contributed by atoms with Crippen LogP contribution in [0.15, 0.2) is 84.0 Å². The number of aromatic hydroxyl groups is 1. The van der Waals surface area contributed by atoms with Crippen LogP contribution in [0, 0.1) is 0 Å². The summed E-state index contributed by atoms with van der Waals surface area (Å²) in [5.74, 6) is 1.23. The van der Waals surface area contributed by atoms with Crippen LogP contribution < -0.4 is 0 Å². The second-order valence-electron chi connectivity index (χ2n) is 7.46. The van der Waals surface area contributed by atoms with E-state index in [0.717, 1.165) is 10.9 Å². The monoisotopic (exact) mass is 419 g/mol. The van der Waals surface area contributed by atoms with Crippen LogP contribution in [-0.4, -0.2) is 26.3 Å². The van der Waals surface area contributed by atoms with Gasteiger partial charge in [0.1, 0.15) is 5.75 Å². The second-order valence-corrected chi connectivity index (χ2v) is 8.23. The molecule has 0 saturated carbocycles. The van der Waals surface area contributed by atoms with Crippen LogP contribution in [-0.2, 0) is 0 Å². The fourth-order valence-corrected chi connectivity index (χ4v) is 4.64. The third-order valence-electron chi connectivity index (χ3n) is 5.71. The van der Waals surface area contributed by atoms with E-state index in [-0.39, 0.29) is 5.75 Å². The predicted octanol–water partition coefficient (Wildman–Crippen LogP) is 6.53. The molecule has 0 unspecified atom stereocenters. The third-order valence-corrected chi connectivity index (χ3v) is 6.26. The van der Waals surface area contributed by atoms with Gasteiger partial charge in [-0.25, -0.2) is 15.0 Å². The van der Waals surface area contributed by atoms with E-state index in [9.17, 15) is 5.11 Å². The average Bonchev–Trinajstić information content (AvgIpc) is 2.82. The number of phenols is 1. The molecule has 0 amide bonds. The first-order valence-electron chi connectivity index (χ1n) is 9.98. The Morgan fingerprint density at radius 2 is 1.26 bits per heavy atom. The van der Waals surface area contributed by atoms with E-state index in [1.807, 2.05) is 18.4 Å². The first kappa shape index (κ1) is 18.1. The number of phenolic OH excluding ortho intramolecular Hbond substituents is 1. The normalized spacial score (nSPS) is 11.6. The van der Waals surface area contributed by atoms with E-state index in [2.05, 4.69) is 59.6 Å². The molecule has 148 valence electrons. The molecule has 0 radical (unpaired) electrons. The molecule has 4 nitrogen and oxygen atoms in total. The predicted molar refractivity (Wildman–Crippen MR) is 128 cm³/mol. The molecule has 1 heterocycles. The molecule has 0 saturated heterocycles. The molecule has 6 aromatic rings. The van der Waals surface area contributed by atoms with Gasteiger partial charge in [0.05, 0.1) is 5.56 Å². The quantitative estimate of drug-likeness (QED) is 0.261. The summed E-state index contributed by atoms with van der Waals surface area (Å²) in [5.41, 5.74) is 1.55. The van der Waals surface area contributed by atoms with Gasteiger partial charge in [0.15, 0.2) is 16.8 Å². The smallest absolute Gasteiger partial charge is 0.191 e. The molecular weight excluding hydrogens is 402 g/mol. The molecule has 5 heteroatoms. The molecule has 0 aliphatic carbocycles. The van der Waals surface area contributed by atoms with Gasteiger partial charge in [-0.15, -0.1) is 0 Å². The first-order chi connectivity index (χ1) is 15.2. The Hall–Kier alpha value is -3.70. The number of aromatic nitrogens is 3. The van der Waals surface area contributed by atoms with Crippen molar-refractivity contribution in [1.29, 1.82) is 0 Å². The minimum absolute atomic E-state index is 0.155. The van der Waals surface area contributed by atoms with E-state index in [1.54, 1.807) is 12.1 Å². The van der Waals surface area contributed by atoms with Gasteiger partial charge in [0, 0.05) is 5.56 Å². The molecule has 1 aromatic heterocycles. The van der Waals surface area contributed by atoms with Crippen molar-refractivity contribution in [3.05, 3.63) is 78.9 Å². The van der Waals surface area contributed by atoms with Crippen molar-refractivity contribution >= 4 is 44.1 Å². The number of para-hydroxylation sites is 1. The summed E-state index contributed by atoms with van der Waals surface area (Å²) in [4.78, 5) is 14.0. The maximum Gasteiger partial charge on any atom is 0.191 e. The van der Waals surface area contributed by atoms with Gasteiger partial charge in [-0.3, -0.25) is 0 Å². The van der Waals surface area contributed by atoms with E-state index < -0.39 is 0 Å². The van der Waals surface area contributed by atoms with Gasteiger partial charge in [-0.2, -0.15) is 0 Å². The maximum absolute atomic E-state index is 10.3. The van der Waals surface area contributed by atoms with Gasteiger partial charge in [0.2, 0.25) is 0 Å². The molecule has 0 aliphatic rings. The summed E-state index contributed by atoms with van der Waals surface area (Å²) < 4.78 is 0. The highest BCUT2D eigenvalue weighted by Crippen LogP contribution is 2.39. The minimum atomic E-state index is 0.155. The first-order valence-corrected chi connectivity index (χ1v) is 11.2. The lowest BCUT2D eigenvalue weighted by molar-refractivity contribution is 0.477. The van der Waals surface area contributed by atoms with Crippen LogP contribution in [0.4, 0.5) is 0 Å².